The van der Waals surface area contributed by atoms with E-state index >= 15 is 0 Å². The minimum absolute atomic E-state index is 0.153. The Hall–Kier alpha value is -0.900. The zero-order valence-corrected chi connectivity index (χ0v) is 14.8. The second-order valence-electron chi connectivity index (χ2n) is 7.69. The summed E-state index contributed by atoms with van der Waals surface area (Å²) >= 11 is 0. The maximum Gasteiger partial charge on any atom is 0.0558 e. The number of piperazine rings is 1. The molecule has 1 atom stereocenters. The summed E-state index contributed by atoms with van der Waals surface area (Å²) in [5.41, 5.74) is 3.06. The number of rotatable bonds is 4. The summed E-state index contributed by atoms with van der Waals surface area (Å²) in [7, 11) is 0. The summed E-state index contributed by atoms with van der Waals surface area (Å²) in [6, 6.07) is 9.27. The van der Waals surface area contributed by atoms with Crippen molar-refractivity contribution in [3.05, 3.63) is 35.4 Å². The lowest BCUT2D eigenvalue weighted by Gasteiger charge is -2.48. The first-order valence-electron chi connectivity index (χ1n) is 8.53. The monoisotopic (exact) mass is 304 g/mol. The van der Waals surface area contributed by atoms with Crippen molar-refractivity contribution >= 4 is 0 Å². The van der Waals surface area contributed by atoms with Gasteiger partial charge in [0.05, 0.1) is 6.61 Å². The molecule has 0 saturated carbocycles. The molecular weight excluding hydrogens is 272 g/mol. The lowest BCUT2D eigenvalue weighted by atomic mass is 9.88. The van der Waals surface area contributed by atoms with Crippen molar-refractivity contribution in [1.82, 2.24) is 9.80 Å². The average molecular weight is 304 g/mol. The summed E-state index contributed by atoms with van der Waals surface area (Å²) < 4.78 is 0. The van der Waals surface area contributed by atoms with Gasteiger partial charge in [0.2, 0.25) is 0 Å². The van der Waals surface area contributed by atoms with E-state index in [0.717, 1.165) is 26.2 Å². The molecule has 0 spiro atoms. The van der Waals surface area contributed by atoms with Gasteiger partial charge in [0.15, 0.2) is 0 Å². The van der Waals surface area contributed by atoms with Crippen LogP contribution in [0.2, 0.25) is 0 Å². The summed E-state index contributed by atoms with van der Waals surface area (Å²) in [6.45, 7) is 15.6. The molecule has 0 aliphatic carbocycles. The van der Waals surface area contributed by atoms with Crippen molar-refractivity contribution in [2.45, 2.75) is 52.1 Å². The quantitative estimate of drug-likeness (QED) is 0.925. The van der Waals surface area contributed by atoms with Crippen molar-refractivity contribution in [3.63, 3.8) is 0 Å². The first-order valence-corrected chi connectivity index (χ1v) is 8.53. The normalized spacial score (nSPS) is 21.5. The molecule has 1 heterocycles. The highest BCUT2D eigenvalue weighted by atomic mass is 16.3. The van der Waals surface area contributed by atoms with Gasteiger partial charge in [-0.3, -0.25) is 9.80 Å². The van der Waals surface area contributed by atoms with Crippen LogP contribution >= 0.6 is 0 Å². The smallest absolute Gasteiger partial charge is 0.0558 e. The Morgan fingerprint density at radius 2 is 1.86 bits per heavy atom. The number of hydrogen-bond donors (Lipinski definition) is 1. The molecule has 1 aromatic rings. The second-order valence-corrected chi connectivity index (χ2v) is 7.69. The topological polar surface area (TPSA) is 26.7 Å². The van der Waals surface area contributed by atoms with Crippen LogP contribution in [0.25, 0.3) is 0 Å². The molecule has 0 radical (unpaired) electrons. The fourth-order valence-electron chi connectivity index (χ4n) is 3.59. The molecule has 1 unspecified atom stereocenters. The molecule has 1 aliphatic heterocycles. The predicted molar refractivity (Wildman–Crippen MR) is 93.3 cm³/mol. The SMILES string of the molecule is CC(C)c1ccccc1C1CN(CCO)CCN1C(C)(C)C. The van der Waals surface area contributed by atoms with Gasteiger partial charge in [-0.05, 0) is 37.8 Å². The van der Waals surface area contributed by atoms with Crippen LogP contribution in [-0.4, -0.2) is 53.2 Å². The first-order chi connectivity index (χ1) is 10.3. The molecule has 1 saturated heterocycles. The Bertz CT molecular complexity index is 479. The van der Waals surface area contributed by atoms with Gasteiger partial charge in [-0.15, -0.1) is 0 Å². The largest absolute Gasteiger partial charge is 0.395 e. The zero-order chi connectivity index (χ0) is 16.3. The van der Waals surface area contributed by atoms with E-state index in [4.69, 9.17) is 0 Å². The third-order valence-electron chi connectivity index (χ3n) is 4.72. The van der Waals surface area contributed by atoms with E-state index in [9.17, 15) is 5.11 Å². The van der Waals surface area contributed by atoms with Gasteiger partial charge >= 0.3 is 0 Å². The third kappa shape index (κ3) is 3.89. The van der Waals surface area contributed by atoms with Crippen LogP contribution in [0.1, 0.15) is 57.7 Å². The predicted octanol–water partition coefficient (Wildman–Crippen LogP) is 3.26. The molecule has 1 aliphatic rings. The standard InChI is InChI=1S/C19H32N2O/c1-15(2)16-8-6-7-9-17(16)18-14-20(12-13-22)10-11-21(18)19(3,4)5/h6-9,15,18,22H,10-14H2,1-5H3. The molecule has 1 N–H and O–H groups in total. The van der Waals surface area contributed by atoms with Crippen molar-refractivity contribution in [2.24, 2.45) is 0 Å². The van der Waals surface area contributed by atoms with E-state index in [0.29, 0.717) is 12.0 Å². The van der Waals surface area contributed by atoms with Gasteiger partial charge in [-0.25, -0.2) is 0 Å². The van der Waals surface area contributed by atoms with Crippen molar-refractivity contribution in [3.8, 4) is 0 Å². The first kappa shape index (κ1) is 17.5. The highest BCUT2D eigenvalue weighted by Gasteiger charge is 2.35. The van der Waals surface area contributed by atoms with E-state index < -0.39 is 0 Å². The Kier molecular flexibility index (Phi) is 5.65. The highest BCUT2D eigenvalue weighted by molar-refractivity contribution is 5.33. The van der Waals surface area contributed by atoms with Crippen LogP contribution in [0, 0.1) is 0 Å². The van der Waals surface area contributed by atoms with Crippen LogP contribution in [0.15, 0.2) is 24.3 Å². The number of aliphatic hydroxyl groups excluding tert-OH is 1. The van der Waals surface area contributed by atoms with Gasteiger partial charge in [0.25, 0.3) is 0 Å². The molecule has 2 rings (SSSR count). The molecular formula is C19H32N2O. The number of hydrogen-bond acceptors (Lipinski definition) is 3. The third-order valence-corrected chi connectivity index (χ3v) is 4.72. The number of nitrogens with zero attached hydrogens (tertiary/aromatic N) is 2. The van der Waals surface area contributed by atoms with Crippen molar-refractivity contribution in [1.29, 1.82) is 0 Å². The number of β-amino-alcohol motifs (C(OH)–C–C–N with tert-alkyl or cyclic N) is 1. The maximum absolute atomic E-state index is 9.29. The number of benzene rings is 1. The lowest BCUT2D eigenvalue weighted by Crippen LogP contribution is -2.55. The fourth-order valence-corrected chi connectivity index (χ4v) is 3.59. The molecule has 3 nitrogen and oxygen atoms in total. The van der Waals surface area contributed by atoms with Crippen LogP contribution in [0.4, 0.5) is 0 Å². The molecule has 1 aromatic carbocycles. The van der Waals surface area contributed by atoms with Crippen LogP contribution in [0.3, 0.4) is 0 Å². The Morgan fingerprint density at radius 3 is 2.45 bits per heavy atom. The minimum atomic E-state index is 0.153. The molecule has 0 bridgehead atoms. The van der Waals surface area contributed by atoms with Crippen LogP contribution in [0.5, 0.6) is 0 Å². The van der Waals surface area contributed by atoms with Crippen LogP contribution < -0.4 is 0 Å². The minimum Gasteiger partial charge on any atom is -0.395 e. The van der Waals surface area contributed by atoms with Crippen molar-refractivity contribution in [2.75, 3.05) is 32.8 Å². The molecule has 22 heavy (non-hydrogen) atoms. The van der Waals surface area contributed by atoms with E-state index in [2.05, 4.69) is 68.7 Å². The summed E-state index contributed by atoms with van der Waals surface area (Å²) in [6.07, 6.45) is 0. The second kappa shape index (κ2) is 7.12. The van der Waals surface area contributed by atoms with E-state index in [-0.39, 0.29) is 12.1 Å². The number of aliphatic hydroxyl groups is 1. The van der Waals surface area contributed by atoms with E-state index in [1.54, 1.807) is 0 Å². The van der Waals surface area contributed by atoms with Gasteiger partial charge in [0, 0.05) is 37.8 Å². The van der Waals surface area contributed by atoms with E-state index in [1.807, 2.05) is 0 Å². The summed E-state index contributed by atoms with van der Waals surface area (Å²) in [5, 5.41) is 9.29. The Labute approximate surface area is 135 Å². The fraction of sp³-hybridized carbons (Fsp3) is 0.684. The Morgan fingerprint density at radius 1 is 1.18 bits per heavy atom. The lowest BCUT2D eigenvalue weighted by molar-refractivity contribution is 0.00373. The van der Waals surface area contributed by atoms with Crippen LogP contribution in [-0.2, 0) is 0 Å². The molecule has 124 valence electrons. The van der Waals surface area contributed by atoms with Gasteiger partial charge in [-0.1, -0.05) is 38.1 Å². The Balaban J connectivity index is 2.37. The average Bonchev–Trinajstić information content (AvgIpc) is 2.46. The van der Waals surface area contributed by atoms with E-state index in [1.165, 1.54) is 11.1 Å². The summed E-state index contributed by atoms with van der Waals surface area (Å²) in [4.78, 5) is 5.02. The molecule has 0 amide bonds. The van der Waals surface area contributed by atoms with Gasteiger partial charge in [-0.2, -0.15) is 0 Å². The van der Waals surface area contributed by atoms with Gasteiger partial charge < -0.3 is 5.11 Å². The molecule has 1 fully saturated rings. The molecule has 0 aromatic heterocycles. The highest BCUT2D eigenvalue weighted by Crippen LogP contribution is 2.35. The summed E-state index contributed by atoms with van der Waals surface area (Å²) in [5.74, 6) is 0.534. The zero-order valence-electron chi connectivity index (χ0n) is 14.8. The van der Waals surface area contributed by atoms with Crippen molar-refractivity contribution < 1.29 is 5.11 Å². The maximum atomic E-state index is 9.29. The molecule has 3 heteroatoms. The van der Waals surface area contributed by atoms with Gasteiger partial charge in [0.1, 0.15) is 0 Å².